The second-order valence-electron chi connectivity index (χ2n) is 5.99. The number of nitrogens with two attached hydrogens (primary N) is 1. The number of morpholine rings is 1. The number of hydrogen-bond donors (Lipinski definition) is 1. The van der Waals surface area contributed by atoms with Crippen LogP contribution in [0.25, 0.3) is 0 Å². The van der Waals surface area contributed by atoms with E-state index in [1.54, 1.807) is 0 Å². The van der Waals surface area contributed by atoms with Gasteiger partial charge in [-0.3, -0.25) is 0 Å². The number of hydrogen-bond acceptors (Lipinski definition) is 3. The summed E-state index contributed by atoms with van der Waals surface area (Å²) in [5.41, 5.74) is 8.40. The first-order valence-electron chi connectivity index (χ1n) is 8.10. The average Bonchev–Trinajstić information content (AvgIpc) is 2.57. The molecule has 3 rings (SSSR count). The van der Waals surface area contributed by atoms with Gasteiger partial charge in [0.2, 0.25) is 0 Å². The monoisotopic (exact) mass is 287 g/mol. The molecule has 0 spiro atoms. The first-order valence-corrected chi connectivity index (χ1v) is 8.10. The van der Waals surface area contributed by atoms with Crippen LogP contribution in [-0.2, 0) is 4.74 Å². The van der Waals surface area contributed by atoms with E-state index < -0.39 is 0 Å². The minimum absolute atomic E-state index is 0.484. The standard InChI is InChI=1S/C17H25N3O/c18-17(14-4-2-1-3-5-14)19-15-6-8-16(9-7-15)20-10-12-21-13-11-20/h6-9,14H,1-5,10-13H2,(H2,18,19). The highest BCUT2D eigenvalue weighted by Crippen LogP contribution is 2.26. The summed E-state index contributed by atoms with van der Waals surface area (Å²) in [5, 5.41) is 0. The van der Waals surface area contributed by atoms with Crippen molar-refractivity contribution in [3.8, 4) is 0 Å². The van der Waals surface area contributed by atoms with Crippen LogP contribution in [-0.4, -0.2) is 32.1 Å². The molecule has 0 aromatic heterocycles. The van der Waals surface area contributed by atoms with Crippen LogP contribution in [0.4, 0.5) is 11.4 Å². The van der Waals surface area contributed by atoms with E-state index in [1.807, 2.05) is 0 Å². The highest BCUT2D eigenvalue weighted by atomic mass is 16.5. The van der Waals surface area contributed by atoms with Gasteiger partial charge in [-0.25, -0.2) is 4.99 Å². The fourth-order valence-electron chi connectivity index (χ4n) is 3.20. The molecule has 1 aromatic rings. The number of benzene rings is 1. The SMILES string of the molecule is NC(=Nc1ccc(N2CCOCC2)cc1)C1CCCCC1. The Bertz CT molecular complexity index is 471. The second kappa shape index (κ2) is 6.94. The molecule has 2 N–H and O–H groups in total. The Kier molecular flexibility index (Phi) is 4.76. The van der Waals surface area contributed by atoms with Gasteiger partial charge in [0.1, 0.15) is 5.84 Å². The van der Waals surface area contributed by atoms with E-state index in [9.17, 15) is 0 Å². The van der Waals surface area contributed by atoms with E-state index in [4.69, 9.17) is 10.5 Å². The number of anilines is 1. The Morgan fingerprint density at radius 3 is 2.38 bits per heavy atom. The molecule has 1 aliphatic heterocycles. The van der Waals surface area contributed by atoms with Gasteiger partial charge >= 0.3 is 0 Å². The van der Waals surface area contributed by atoms with Crippen LogP contribution < -0.4 is 10.6 Å². The molecular weight excluding hydrogens is 262 g/mol. The summed E-state index contributed by atoms with van der Waals surface area (Å²) in [7, 11) is 0. The Morgan fingerprint density at radius 2 is 1.71 bits per heavy atom. The van der Waals surface area contributed by atoms with Crippen molar-refractivity contribution in [2.45, 2.75) is 32.1 Å². The van der Waals surface area contributed by atoms with Crippen molar-refractivity contribution in [2.24, 2.45) is 16.6 Å². The molecule has 21 heavy (non-hydrogen) atoms. The zero-order valence-electron chi connectivity index (χ0n) is 12.6. The Hall–Kier alpha value is -1.55. The van der Waals surface area contributed by atoms with E-state index in [-0.39, 0.29) is 0 Å². The molecule has 0 radical (unpaired) electrons. The van der Waals surface area contributed by atoms with E-state index in [0.29, 0.717) is 5.92 Å². The lowest BCUT2D eigenvalue weighted by molar-refractivity contribution is 0.122. The van der Waals surface area contributed by atoms with E-state index in [1.165, 1.54) is 37.8 Å². The molecule has 1 aromatic carbocycles. The van der Waals surface area contributed by atoms with Crippen LogP contribution in [0.5, 0.6) is 0 Å². The first-order chi connectivity index (χ1) is 10.3. The lowest BCUT2D eigenvalue weighted by atomic mass is 9.88. The smallest absolute Gasteiger partial charge is 0.103 e. The van der Waals surface area contributed by atoms with Crippen molar-refractivity contribution in [1.29, 1.82) is 0 Å². The zero-order valence-corrected chi connectivity index (χ0v) is 12.6. The third kappa shape index (κ3) is 3.76. The molecule has 0 amide bonds. The Labute approximate surface area is 127 Å². The molecule has 2 aliphatic rings. The van der Waals surface area contributed by atoms with E-state index >= 15 is 0 Å². The highest BCUT2D eigenvalue weighted by Gasteiger charge is 2.17. The topological polar surface area (TPSA) is 50.8 Å². The van der Waals surface area contributed by atoms with Crippen molar-refractivity contribution in [3.63, 3.8) is 0 Å². The molecule has 0 unspecified atom stereocenters. The van der Waals surface area contributed by atoms with Crippen molar-refractivity contribution in [1.82, 2.24) is 0 Å². The van der Waals surface area contributed by atoms with Gasteiger partial charge in [0, 0.05) is 24.7 Å². The molecule has 114 valence electrons. The van der Waals surface area contributed by atoms with Gasteiger partial charge in [0.15, 0.2) is 0 Å². The van der Waals surface area contributed by atoms with Gasteiger partial charge in [-0.1, -0.05) is 19.3 Å². The number of aliphatic imine (C=N–C) groups is 1. The van der Waals surface area contributed by atoms with Gasteiger partial charge in [-0.2, -0.15) is 0 Å². The second-order valence-corrected chi connectivity index (χ2v) is 5.99. The first kappa shape index (κ1) is 14.4. The Balaban J connectivity index is 1.65. The maximum absolute atomic E-state index is 6.18. The van der Waals surface area contributed by atoms with Crippen LogP contribution in [0.15, 0.2) is 29.3 Å². The third-order valence-electron chi connectivity index (χ3n) is 4.51. The van der Waals surface area contributed by atoms with Gasteiger partial charge < -0.3 is 15.4 Å². The third-order valence-corrected chi connectivity index (χ3v) is 4.51. The summed E-state index contributed by atoms with van der Waals surface area (Å²) in [6, 6.07) is 8.41. The van der Waals surface area contributed by atoms with Crippen LogP contribution in [0, 0.1) is 5.92 Å². The molecule has 0 bridgehead atoms. The van der Waals surface area contributed by atoms with Crippen LogP contribution in [0.1, 0.15) is 32.1 Å². The summed E-state index contributed by atoms with van der Waals surface area (Å²) >= 11 is 0. The largest absolute Gasteiger partial charge is 0.387 e. The zero-order chi connectivity index (χ0) is 14.5. The minimum atomic E-state index is 0.484. The predicted molar refractivity (Wildman–Crippen MR) is 87.3 cm³/mol. The van der Waals surface area contributed by atoms with Crippen molar-refractivity contribution in [2.75, 3.05) is 31.2 Å². The summed E-state index contributed by atoms with van der Waals surface area (Å²) in [4.78, 5) is 6.97. The van der Waals surface area contributed by atoms with Crippen molar-refractivity contribution in [3.05, 3.63) is 24.3 Å². The van der Waals surface area contributed by atoms with E-state index in [2.05, 4.69) is 34.2 Å². The summed E-state index contributed by atoms with van der Waals surface area (Å²) in [6.07, 6.45) is 6.31. The molecule has 4 heteroatoms. The minimum Gasteiger partial charge on any atom is -0.387 e. The van der Waals surface area contributed by atoms with E-state index in [0.717, 1.165) is 37.8 Å². The Morgan fingerprint density at radius 1 is 1.05 bits per heavy atom. The average molecular weight is 287 g/mol. The quantitative estimate of drug-likeness (QED) is 0.686. The molecule has 1 heterocycles. The van der Waals surface area contributed by atoms with Gasteiger partial charge in [-0.15, -0.1) is 0 Å². The summed E-state index contributed by atoms with van der Waals surface area (Å²) in [6.45, 7) is 3.56. The van der Waals surface area contributed by atoms with Gasteiger partial charge in [0.05, 0.1) is 18.9 Å². The van der Waals surface area contributed by atoms with Gasteiger partial charge in [0.25, 0.3) is 0 Å². The fourth-order valence-corrected chi connectivity index (χ4v) is 3.20. The lowest BCUT2D eigenvalue weighted by Gasteiger charge is -2.28. The number of ether oxygens (including phenoxy) is 1. The number of amidine groups is 1. The molecule has 2 fully saturated rings. The lowest BCUT2D eigenvalue weighted by Crippen LogP contribution is -2.36. The normalized spacial score (nSPS) is 21.5. The summed E-state index contributed by atoms with van der Waals surface area (Å²) < 4.78 is 5.38. The maximum atomic E-state index is 6.18. The van der Waals surface area contributed by atoms with Crippen LogP contribution in [0.2, 0.25) is 0 Å². The molecule has 1 aliphatic carbocycles. The molecule has 1 saturated carbocycles. The highest BCUT2D eigenvalue weighted by molar-refractivity contribution is 5.85. The molecule has 4 nitrogen and oxygen atoms in total. The number of rotatable bonds is 3. The van der Waals surface area contributed by atoms with Crippen molar-refractivity contribution < 1.29 is 4.74 Å². The number of nitrogens with zero attached hydrogens (tertiary/aromatic N) is 2. The van der Waals surface area contributed by atoms with Crippen LogP contribution in [0.3, 0.4) is 0 Å². The predicted octanol–water partition coefficient (Wildman–Crippen LogP) is 3.09. The van der Waals surface area contributed by atoms with Crippen molar-refractivity contribution >= 4 is 17.2 Å². The molecule has 1 saturated heterocycles. The maximum Gasteiger partial charge on any atom is 0.103 e. The van der Waals surface area contributed by atoms with Crippen LogP contribution >= 0.6 is 0 Å². The molecular formula is C17H25N3O. The van der Waals surface area contributed by atoms with Gasteiger partial charge in [-0.05, 0) is 37.1 Å². The summed E-state index contributed by atoms with van der Waals surface area (Å²) in [5.74, 6) is 1.30. The molecule has 0 atom stereocenters. The fraction of sp³-hybridized carbons (Fsp3) is 0.588.